The van der Waals surface area contributed by atoms with Gasteiger partial charge >= 0.3 is 0 Å². The third-order valence-corrected chi connectivity index (χ3v) is 3.36. The van der Waals surface area contributed by atoms with Crippen LogP contribution in [0.25, 0.3) is 10.9 Å². The van der Waals surface area contributed by atoms with Gasteiger partial charge in [0.25, 0.3) is 5.91 Å². The van der Waals surface area contributed by atoms with Crippen molar-refractivity contribution in [2.75, 3.05) is 5.32 Å². The van der Waals surface area contributed by atoms with Crippen molar-refractivity contribution in [2.24, 2.45) is 7.05 Å². The molecule has 6 heteroatoms. The van der Waals surface area contributed by atoms with Gasteiger partial charge in [-0.2, -0.15) is 5.10 Å². The van der Waals surface area contributed by atoms with Crippen molar-refractivity contribution < 1.29 is 4.79 Å². The van der Waals surface area contributed by atoms with Crippen LogP contribution in [0.2, 0.25) is 0 Å². The van der Waals surface area contributed by atoms with Crippen LogP contribution in [-0.4, -0.2) is 20.7 Å². The largest absolute Gasteiger partial charge is 0.320 e. The molecule has 3 rings (SSSR count). The summed E-state index contributed by atoms with van der Waals surface area (Å²) in [5.74, 6) is -0.532. The van der Waals surface area contributed by atoms with Crippen molar-refractivity contribution in [2.45, 2.75) is 6.92 Å². The second-order valence-corrected chi connectivity index (χ2v) is 5.01. The Morgan fingerprint density at radius 2 is 1.91 bits per heavy atom. The molecule has 0 aliphatic rings. The molecule has 2 aromatic heterocycles. The molecule has 0 spiro atoms. The number of pyridine rings is 1. The number of benzene rings is 1. The molecule has 1 amide bonds. The van der Waals surface area contributed by atoms with Crippen molar-refractivity contribution in [3.8, 4) is 0 Å². The molecule has 6 nitrogen and oxygen atoms in total. The predicted molar refractivity (Wildman–Crippen MR) is 83.9 cm³/mol. The molecule has 0 bridgehead atoms. The number of carbonyl (C=O) groups is 1. The van der Waals surface area contributed by atoms with Gasteiger partial charge in [0.05, 0.1) is 10.9 Å². The van der Waals surface area contributed by atoms with Gasteiger partial charge in [0.15, 0.2) is 5.69 Å². The fourth-order valence-electron chi connectivity index (χ4n) is 2.26. The average Bonchev–Trinajstić information content (AvgIpc) is 2.51. The molecular weight excluding hydrogens is 280 g/mol. The summed E-state index contributed by atoms with van der Waals surface area (Å²) in [7, 11) is 1.71. The van der Waals surface area contributed by atoms with Gasteiger partial charge < -0.3 is 5.32 Å². The van der Waals surface area contributed by atoms with Gasteiger partial charge in [-0.1, -0.05) is 11.6 Å². The second-order valence-electron chi connectivity index (χ2n) is 5.01. The van der Waals surface area contributed by atoms with E-state index in [-0.39, 0.29) is 11.1 Å². The quantitative estimate of drug-likeness (QED) is 0.783. The normalized spacial score (nSPS) is 10.6. The molecule has 0 saturated carbocycles. The van der Waals surface area contributed by atoms with Crippen molar-refractivity contribution >= 4 is 22.5 Å². The topological polar surface area (TPSA) is 76.9 Å². The van der Waals surface area contributed by atoms with Crippen LogP contribution in [0.5, 0.6) is 0 Å². The average molecular weight is 294 g/mol. The van der Waals surface area contributed by atoms with Crippen LogP contribution in [0.1, 0.15) is 16.1 Å². The standard InChI is InChI=1S/C16H14N4O2/c1-10-3-4-13-12(9-10)15(21)14(19-20(13)2)16(22)18-11-5-7-17-8-6-11/h3-9H,1-2H3,(H,17,18,22). The molecule has 1 N–H and O–H groups in total. The smallest absolute Gasteiger partial charge is 0.280 e. The Hall–Kier alpha value is -3.02. The van der Waals surface area contributed by atoms with E-state index in [0.717, 1.165) is 5.56 Å². The highest BCUT2D eigenvalue weighted by Crippen LogP contribution is 2.12. The highest BCUT2D eigenvalue weighted by atomic mass is 16.2. The lowest BCUT2D eigenvalue weighted by molar-refractivity contribution is 0.101. The fraction of sp³-hybridized carbons (Fsp3) is 0.125. The summed E-state index contributed by atoms with van der Waals surface area (Å²) in [5, 5.41) is 7.24. The van der Waals surface area contributed by atoms with Crippen molar-refractivity contribution in [1.29, 1.82) is 0 Å². The van der Waals surface area contributed by atoms with E-state index in [0.29, 0.717) is 16.6 Å². The van der Waals surface area contributed by atoms with Crippen molar-refractivity contribution in [1.82, 2.24) is 14.8 Å². The highest BCUT2D eigenvalue weighted by Gasteiger charge is 2.16. The van der Waals surface area contributed by atoms with Crippen LogP contribution < -0.4 is 10.7 Å². The lowest BCUT2D eigenvalue weighted by Crippen LogP contribution is -2.26. The highest BCUT2D eigenvalue weighted by molar-refractivity contribution is 6.04. The molecule has 0 atom stereocenters. The van der Waals surface area contributed by atoms with Gasteiger partial charge in [-0.25, -0.2) is 0 Å². The number of nitrogens with one attached hydrogen (secondary N) is 1. The third-order valence-electron chi connectivity index (χ3n) is 3.36. The minimum atomic E-state index is -0.532. The van der Waals surface area contributed by atoms with Gasteiger partial charge in [-0.3, -0.25) is 19.3 Å². The van der Waals surface area contributed by atoms with E-state index < -0.39 is 5.91 Å². The number of nitrogens with zero attached hydrogens (tertiary/aromatic N) is 3. The molecule has 0 aliphatic heterocycles. The van der Waals surface area contributed by atoms with Crippen LogP contribution in [0.3, 0.4) is 0 Å². The van der Waals surface area contributed by atoms with Gasteiger partial charge in [-0.15, -0.1) is 0 Å². The van der Waals surface area contributed by atoms with E-state index >= 15 is 0 Å². The van der Waals surface area contributed by atoms with Crippen LogP contribution >= 0.6 is 0 Å². The number of aryl methyl sites for hydroxylation is 2. The predicted octanol–water partition coefficient (Wildman–Crippen LogP) is 1.89. The minimum absolute atomic E-state index is 0.127. The number of hydrogen-bond acceptors (Lipinski definition) is 4. The zero-order valence-electron chi connectivity index (χ0n) is 12.2. The number of anilines is 1. The SMILES string of the molecule is Cc1ccc2c(c1)c(=O)c(C(=O)Nc1ccncc1)nn2C. The second kappa shape index (κ2) is 5.40. The lowest BCUT2D eigenvalue weighted by Gasteiger charge is -2.09. The number of amides is 1. The van der Waals surface area contributed by atoms with Gasteiger partial charge in [0, 0.05) is 25.1 Å². The summed E-state index contributed by atoms with van der Waals surface area (Å²) in [6.45, 7) is 1.90. The molecule has 1 aromatic carbocycles. The molecule has 0 unspecified atom stereocenters. The van der Waals surface area contributed by atoms with Gasteiger partial charge in [0.1, 0.15) is 0 Å². The first-order chi connectivity index (χ1) is 10.6. The number of aromatic nitrogens is 3. The molecule has 3 aromatic rings. The van der Waals surface area contributed by atoms with E-state index in [1.165, 1.54) is 4.68 Å². The fourth-order valence-corrected chi connectivity index (χ4v) is 2.26. The number of carbonyl (C=O) groups excluding carboxylic acids is 1. The minimum Gasteiger partial charge on any atom is -0.320 e. The van der Waals surface area contributed by atoms with Crippen LogP contribution in [0.4, 0.5) is 5.69 Å². The van der Waals surface area contributed by atoms with E-state index in [2.05, 4.69) is 15.4 Å². The number of fused-ring (bicyclic) bond motifs is 1. The maximum absolute atomic E-state index is 12.5. The van der Waals surface area contributed by atoms with E-state index in [1.54, 1.807) is 37.6 Å². The summed E-state index contributed by atoms with van der Waals surface area (Å²) in [6, 6.07) is 8.79. The lowest BCUT2D eigenvalue weighted by atomic mass is 10.1. The monoisotopic (exact) mass is 294 g/mol. The number of rotatable bonds is 2. The molecule has 0 radical (unpaired) electrons. The Kier molecular flexibility index (Phi) is 3.42. The number of hydrogen-bond donors (Lipinski definition) is 1. The molecule has 0 fully saturated rings. The first-order valence-electron chi connectivity index (χ1n) is 6.75. The van der Waals surface area contributed by atoms with Crippen LogP contribution in [-0.2, 0) is 7.05 Å². The molecule has 0 saturated heterocycles. The van der Waals surface area contributed by atoms with Crippen molar-refractivity contribution in [3.63, 3.8) is 0 Å². The third kappa shape index (κ3) is 2.46. The zero-order chi connectivity index (χ0) is 15.7. The molecule has 2 heterocycles. The first kappa shape index (κ1) is 13.9. The maximum atomic E-state index is 12.5. The Morgan fingerprint density at radius 1 is 1.18 bits per heavy atom. The van der Waals surface area contributed by atoms with E-state index in [4.69, 9.17) is 0 Å². The summed E-state index contributed by atoms with van der Waals surface area (Å²) < 4.78 is 1.54. The zero-order valence-corrected chi connectivity index (χ0v) is 12.2. The Morgan fingerprint density at radius 3 is 2.64 bits per heavy atom. The Bertz CT molecular complexity index is 917. The van der Waals surface area contributed by atoms with E-state index in [1.807, 2.05) is 19.1 Å². The Balaban J connectivity index is 2.09. The first-order valence-corrected chi connectivity index (χ1v) is 6.75. The summed E-state index contributed by atoms with van der Waals surface area (Å²) in [6.07, 6.45) is 3.12. The van der Waals surface area contributed by atoms with Crippen molar-refractivity contribution in [3.05, 3.63) is 64.2 Å². The summed E-state index contributed by atoms with van der Waals surface area (Å²) >= 11 is 0. The van der Waals surface area contributed by atoms with Gasteiger partial charge in [-0.05, 0) is 31.2 Å². The van der Waals surface area contributed by atoms with Gasteiger partial charge in [0.2, 0.25) is 5.43 Å². The maximum Gasteiger partial charge on any atom is 0.280 e. The Labute approximate surface area is 126 Å². The molecule has 0 aliphatic carbocycles. The summed E-state index contributed by atoms with van der Waals surface area (Å²) in [4.78, 5) is 28.7. The van der Waals surface area contributed by atoms with Crippen LogP contribution in [0.15, 0.2) is 47.5 Å². The molecule has 22 heavy (non-hydrogen) atoms. The van der Waals surface area contributed by atoms with E-state index in [9.17, 15) is 9.59 Å². The van der Waals surface area contributed by atoms with Crippen LogP contribution in [0, 0.1) is 6.92 Å². The summed E-state index contributed by atoms with van der Waals surface area (Å²) in [5.41, 5.74) is 1.71. The molecule has 110 valence electrons. The molecular formula is C16H14N4O2.